The summed E-state index contributed by atoms with van der Waals surface area (Å²) in [5, 5.41) is 0. The second-order valence-corrected chi connectivity index (χ2v) is 9.81. The van der Waals surface area contributed by atoms with Gasteiger partial charge in [-0.05, 0) is 102 Å². The Bertz CT molecular complexity index is 1680. The summed E-state index contributed by atoms with van der Waals surface area (Å²) in [7, 11) is 0. The van der Waals surface area contributed by atoms with Crippen molar-refractivity contribution in [3.63, 3.8) is 0 Å². The number of para-hydroxylation sites is 3. The molecule has 0 amide bonds. The molecule has 0 radical (unpaired) electrons. The van der Waals surface area contributed by atoms with Crippen LogP contribution in [0.3, 0.4) is 0 Å². The van der Waals surface area contributed by atoms with Crippen molar-refractivity contribution in [2.45, 2.75) is 6.92 Å². The lowest BCUT2D eigenvalue weighted by molar-refractivity contribution is 1.25. The van der Waals surface area contributed by atoms with E-state index in [0.29, 0.717) is 0 Å². The molecule has 2 N–H and O–H groups in total. The first-order valence-electron chi connectivity index (χ1n) is 13.5. The summed E-state index contributed by atoms with van der Waals surface area (Å²) in [5.41, 5.74) is 17.0. The average molecular weight is 518 g/mol. The molecule has 0 atom stereocenters. The summed E-state index contributed by atoms with van der Waals surface area (Å²) < 4.78 is 0. The summed E-state index contributed by atoms with van der Waals surface area (Å²) in [5.74, 6) is 0. The summed E-state index contributed by atoms with van der Waals surface area (Å²) in [6.07, 6.45) is 0. The van der Waals surface area contributed by atoms with Crippen molar-refractivity contribution < 1.29 is 0 Å². The molecule has 0 aliphatic heterocycles. The van der Waals surface area contributed by atoms with E-state index < -0.39 is 0 Å². The lowest BCUT2D eigenvalue weighted by atomic mass is 10.0. The highest BCUT2D eigenvalue weighted by Crippen LogP contribution is 2.38. The maximum atomic E-state index is 5.97. The van der Waals surface area contributed by atoms with Crippen LogP contribution in [0.25, 0.3) is 11.1 Å². The van der Waals surface area contributed by atoms with E-state index in [0.717, 1.165) is 34.1 Å². The van der Waals surface area contributed by atoms with Gasteiger partial charge in [0.05, 0.1) is 0 Å². The molecule has 0 saturated carbocycles. The normalized spacial score (nSPS) is 10.7. The molecule has 0 bridgehead atoms. The van der Waals surface area contributed by atoms with E-state index in [2.05, 4.69) is 156 Å². The van der Waals surface area contributed by atoms with Gasteiger partial charge in [0.1, 0.15) is 0 Å². The smallest absolute Gasteiger partial charge is 0.0490 e. The fourth-order valence-electron chi connectivity index (χ4n) is 5.07. The molecule has 0 aromatic heterocycles. The van der Waals surface area contributed by atoms with Gasteiger partial charge in [-0.2, -0.15) is 0 Å². The molecule has 0 fully saturated rings. The highest BCUT2D eigenvalue weighted by atomic mass is 15.1. The zero-order chi connectivity index (χ0) is 27.3. The Kier molecular flexibility index (Phi) is 7.02. The lowest BCUT2D eigenvalue weighted by Gasteiger charge is -2.27. The molecule has 0 aliphatic rings. The molecular formula is C37H31N3. The minimum Gasteiger partial charge on any atom is -0.399 e. The van der Waals surface area contributed by atoms with E-state index in [4.69, 9.17) is 5.73 Å². The number of rotatable bonds is 7. The Hall–Kier alpha value is -5.28. The molecule has 194 valence electrons. The van der Waals surface area contributed by atoms with Crippen LogP contribution >= 0.6 is 0 Å². The third-order valence-electron chi connectivity index (χ3n) is 7.12. The summed E-state index contributed by atoms with van der Waals surface area (Å²) in [6, 6.07) is 55.0. The van der Waals surface area contributed by atoms with Crippen LogP contribution in [0.5, 0.6) is 0 Å². The van der Waals surface area contributed by atoms with Gasteiger partial charge in [-0.1, -0.05) is 78.9 Å². The Labute approximate surface area is 236 Å². The fraction of sp³-hybridized carbons (Fsp3) is 0.0270. The van der Waals surface area contributed by atoms with Crippen LogP contribution < -0.4 is 15.5 Å². The Balaban J connectivity index is 1.32. The van der Waals surface area contributed by atoms with Crippen molar-refractivity contribution in [2.75, 3.05) is 15.5 Å². The molecule has 6 aromatic rings. The van der Waals surface area contributed by atoms with Crippen molar-refractivity contribution in [2.24, 2.45) is 0 Å². The lowest BCUT2D eigenvalue weighted by Crippen LogP contribution is -2.11. The second kappa shape index (κ2) is 11.2. The Morgan fingerprint density at radius 1 is 0.375 bits per heavy atom. The molecule has 0 aliphatic carbocycles. The zero-order valence-corrected chi connectivity index (χ0v) is 22.5. The number of hydrogen-bond donors (Lipinski definition) is 1. The highest BCUT2D eigenvalue weighted by molar-refractivity contribution is 5.81. The van der Waals surface area contributed by atoms with Crippen molar-refractivity contribution >= 4 is 39.8 Å². The summed E-state index contributed by atoms with van der Waals surface area (Å²) in [4.78, 5) is 4.55. The van der Waals surface area contributed by atoms with Gasteiger partial charge in [-0.25, -0.2) is 0 Å². The number of nitrogens with zero attached hydrogens (tertiary/aromatic N) is 2. The van der Waals surface area contributed by atoms with Crippen LogP contribution in [0.15, 0.2) is 158 Å². The van der Waals surface area contributed by atoms with Crippen LogP contribution in [-0.4, -0.2) is 0 Å². The maximum absolute atomic E-state index is 5.97. The molecule has 6 rings (SSSR count). The van der Waals surface area contributed by atoms with Crippen molar-refractivity contribution in [1.29, 1.82) is 0 Å². The molecule has 0 saturated heterocycles. The van der Waals surface area contributed by atoms with E-state index in [1.165, 1.54) is 22.4 Å². The zero-order valence-electron chi connectivity index (χ0n) is 22.5. The number of anilines is 7. The quantitative estimate of drug-likeness (QED) is 0.214. The minimum atomic E-state index is 0.754. The van der Waals surface area contributed by atoms with Gasteiger partial charge >= 0.3 is 0 Å². The van der Waals surface area contributed by atoms with E-state index >= 15 is 0 Å². The largest absolute Gasteiger partial charge is 0.399 e. The molecule has 3 heteroatoms. The molecule has 0 unspecified atom stereocenters. The number of aryl methyl sites for hydroxylation is 1. The van der Waals surface area contributed by atoms with Crippen molar-refractivity contribution in [3.8, 4) is 11.1 Å². The van der Waals surface area contributed by atoms with Crippen LogP contribution in [-0.2, 0) is 0 Å². The second-order valence-electron chi connectivity index (χ2n) is 9.81. The van der Waals surface area contributed by atoms with E-state index in [-0.39, 0.29) is 0 Å². The fourth-order valence-corrected chi connectivity index (χ4v) is 5.07. The van der Waals surface area contributed by atoms with E-state index in [1.54, 1.807) is 0 Å². The molecule has 6 aromatic carbocycles. The Morgan fingerprint density at radius 2 is 0.750 bits per heavy atom. The van der Waals surface area contributed by atoms with Gasteiger partial charge in [-0.15, -0.1) is 0 Å². The third-order valence-corrected chi connectivity index (χ3v) is 7.12. The van der Waals surface area contributed by atoms with Crippen molar-refractivity contribution in [1.82, 2.24) is 0 Å². The molecule has 3 nitrogen and oxygen atoms in total. The topological polar surface area (TPSA) is 32.5 Å². The van der Waals surface area contributed by atoms with Gasteiger partial charge in [0.15, 0.2) is 0 Å². The average Bonchev–Trinajstić information content (AvgIpc) is 3.01. The van der Waals surface area contributed by atoms with Gasteiger partial charge in [-0.3, -0.25) is 0 Å². The van der Waals surface area contributed by atoms with Gasteiger partial charge in [0.2, 0.25) is 0 Å². The van der Waals surface area contributed by atoms with Crippen LogP contribution in [0.2, 0.25) is 0 Å². The minimum absolute atomic E-state index is 0.754. The monoisotopic (exact) mass is 517 g/mol. The number of nitrogen functional groups attached to an aromatic ring is 1. The number of hydrogen-bond acceptors (Lipinski definition) is 3. The molecular weight excluding hydrogens is 486 g/mol. The van der Waals surface area contributed by atoms with Crippen molar-refractivity contribution in [3.05, 3.63) is 163 Å². The van der Waals surface area contributed by atoms with Crippen LogP contribution in [0.4, 0.5) is 39.8 Å². The van der Waals surface area contributed by atoms with E-state index in [9.17, 15) is 0 Å². The highest BCUT2D eigenvalue weighted by Gasteiger charge is 2.15. The Morgan fingerprint density at radius 3 is 1.25 bits per heavy atom. The first-order chi connectivity index (χ1) is 19.7. The molecule has 0 heterocycles. The number of nitrogens with two attached hydrogens (primary N) is 1. The summed E-state index contributed by atoms with van der Waals surface area (Å²) >= 11 is 0. The maximum Gasteiger partial charge on any atom is 0.0490 e. The standard InChI is InChI=1S/C37H31N3/c1-28-10-8-9-15-37(28)40(33-13-6-3-7-14-33)36-24-18-30(19-25-36)29-16-22-34(23-17-29)39(32-11-4-2-5-12-32)35-26-20-31(38)21-27-35/h2-27H,38H2,1H3. The van der Waals surface area contributed by atoms with Gasteiger partial charge in [0, 0.05) is 39.8 Å². The SMILES string of the molecule is Cc1ccccc1N(c1ccccc1)c1ccc(-c2ccc(N(c3ccccc3)c3ccc(N)cc3)cc2)cc1. The first kappa shape index (κ1) is 25.0. The third kappa shape index (κ3) is 5.18. The summed E-state index contributed by atoms with van der Waals surface area (Å²) in [6.45, 7) is 2.16. The number of benzene rings is 6. The van der Waals surface area contributed by atoms with Crippen LogP contribution in [0, 0.1) is 6.92 Å². The molecule has 40 heavy (non-hydrogen) atoms. The first-order valence-corrected chi connectivity index (χ1v) is 13.5. The predicted octanol–water partition coefficient (Wildman–Crippen LogP) is 10.2. The van der Waals surface area contributed by atoms with Crippen LogP contribution in [0.1, 0.15) is 5.56 Å². The van der Waals surface area contributed by atoms with Gasteiger partial charge < -0.3 is 15.5 Å². The van der Waals surface area contributed by atoms with Gasteiger partial charge in [0.25, 0.3) is 0 Å². The predicted molar refractivity (Wildman–Crippen MR) is 170 cm³/mol. The van der Waals surface area contributed by atoms with E-state index in [1.807, 2.05) is 18.2 Å². The molecule has 0 spiro atoms.